The summed E-state index contributed by atoms with van der Waals surface area (Å²) in [5, 5.41) is 0. The Morgan fingerprint density at radius 1 is 1.18 bits per heavy atom. The number of carbonyl (C=O) groups excluding carboxylic acids is 1. The van der Waals surface area contributed by atoms with E-state index < -0.39 is 0 Å². The highest BCUT2D eigenvalue weighted by Gasteiger charge is 2.06. The van der Waals surface area contributed by atoms with Gasteiger partial charge in [-0.15, -0.1) is 0 Å². The molecule has 0 bridgehead atoms. The molecule has 0 amide bonds. The van der Waals surface area contributed by atoms with Crippen molar-refractivity contribution in [3.8, 4) is 16.9 Å². The summed E-state index contributed by atoms with van der Waals surface area (Å²) in [6.45, 7) is 0. The van der Waals surface area contributed by atoms with E-state index in [0.717, 1.165) is 6.29 Å². The van der Waals surface area contributed by atoms with E-state index in [0.29, 0.717) is 22.4 Å². The maximum absolute atomic E-state index is 13.1. The molecule has 0 N–H and O–H groups in total. The molecule has 0 unspecified atom stereocenters. The lowest BCUT2D eigenvalue weighted by Gasteiger charge is -2.07. The minimum Gasteiger partial charge on any atom is -0.497 e. The number of rotatable bonds is 3. The third kappa shape index (κ3) is 2.33. The summed E-state index contributed by atoms with van der Waals surface area (Å²) in [7, 11) is 1.53. The molecule has 2 nitrogen and oxygen atoms in total. The highest BCUT2D eigenvalue weighted by Crippen LogP contribution is 2.26. The van der Waals surface area contributed by atoms with Gasteiger partial charge in [-0.2, -0.15) is 0 Å². The standard InChI is InChI=1S/C14H11FO2/c1-17-13-5-6-14(11(8-13)9-16)10-3-2-4-12(15)7-10/h2-9H,1H3. The lowest BCUT2D eigenvalue weighted by molar-refractivity contribution is 0.112. The van der Waals surface area contributed by atoms with Crippen molar-refractivity contribution in [3.63, 3.8) is 0 Å². The Hall–Kier alpha value is -2.16. The van der Waals surface area contributed by atoms with Crippen molar-refractivity contribution in [2.75, 3.05) is 7.11 Å². The van der Waals surface area contributed by atoms with Gasteiger partial charge in [0.05, 0.1) is 7.11 Å². The van der Waals surface area contributed by atoms with Crippen LogP contribution in [0.3, 0.4) is 0 Å². The van der Waals surface area contributed by atoms with Crippen molar-refractivity contribution in [1.29, 1.82) is 0 Å². The van der Waals surface area contributed by atoms with Crippen LogP contribution >= 0.6 is 0 Å². The zero-order valence-electron chi connectivity index (χ0n) is 9.31. The molecule has 3 heteroatoms. The second-order valence-electron chi connectivity index (χ2n) is 3.58. The Balaban J connectivity index is 2.55. The molecule has 86 valence electrons. The van der Waals surface area contributed by atoms with E-state index in [1.165, 1.54) is 19.2 Å². The molecule has 0 aliphatic carbocycles. The van der Waals surface area contributed by atoms with Crippen molar-refractivity contribution in [2.24, 2.45) is 0 Å². The van der Waals surface area contributed by atoms with Crippen molar-refractivity contribution < 1.29 is 13.9 Å². The largest absolute Gasteiger partial charge is 0.497 e. The normalized spacial score (nSPS) is 10.0. The number of hydrogen-bond acceptors (Lipinski definition) is 2. The van der Waals surface area contributed by atoms with Crippen LogP contribution in [0.1, 0.15) is 10.4 Å². The number of halogens is 1. The van der Waals surface area contributed by atoms with Crippen LogP contribution in [0.4, 0.5) is 4.39 Å². The summed E-state index contributed by atoms with van der Waals surface area (Å²) in [5.74, 6) is 0.280. The maximum atomic E-state index is 13.1. The summed E-state index contributed by atoms with van der Waals surface area (Å²) in [6, 6.07) is 11.3. The number of methoxy groups -OCH3 is 1. The van der Waals surface area contributed by atoms with Gasteiger partial charge in [-0.1, -0.05) is 12.1 Å². The lowest BCUT2D eigenvalue weighted by Crippen LogP contribution is -1.91. The summed E-state index contributed by atoms with van der Waals surface area (Å²) < 4.78 is 18.2. The highest BCUT2D eigenvalue weighted by atomic mass is 19.1. The molecule has 0 spiro atoms. The van der Waals surface area contributed by atoms with Crippen LogP contribution in [0.25, 0.3) is 11.1 Å². The minimum absolute atomic E-state index is 0.324. The third-order valence-electron chi connectivity index (χ3n) is 2.52. The summed E-state index contributed by atoms with van der Waals surface area (Å²) >= 11 is 0. The molecule has 0 heterocycles. The van der Waals surface area contributed by atoms with Crippen molar-refractivity contribution in [2.45, 2.75) is 0 Å². The Labute approximate surface area is 98.7 Å². The minimum atomic E-state index is -0.324. The Bertz CT molecular complexity index is 550. The monoisotopic (exact) mass is 230 g/mol. The number of carbonyl (C=O) groups is 1. The van der Waals surface area contributed by atoms with Crippen molar-refractivity contribution in [3.05, 3.63) is 53.8 Å². The average molecular weight is 230 g/mol. The molecule has 0 aromatic heterocycles. The lowest BCUT2D eigenvalue weighted by atomic mass is 10.00. The fourth-order valence-corrected chi connectivity index (χ4v) is 1.68. The molecule has 2 aromatic rings. The van der Waals surface area contributed by atoms with Crippen LogP contribution in [0, 0.1) is 5.82 Å². The number of hydrogen-bond donors (Lipinski definition) is 0. The molecule has 0 aliphatic heterocycles. The predicted octanol–water partition coefficient (Wildman–Crippen LogP) is 3.31. The van der Waals surface area contributed by atoms with Crippen molar-refractivity contribution >= 4 is 6.29 Å². The summed E-state index contributed by atoms with van der Waals surface area (Å²) in [4.78, 5) is 11.0. The first-order valence-electron chi connectivity index (χ1n) is 5.14. The van der Waals surface area contributed by atoms with Crippen LogP contribution in [0.2, 0.25) is 0 Å². The quantitative estimate of drug-likeness (QED) is 0.756. The molecule has 0 aliphatic rings. The molecule has 0 saturated carbocycles. The van der Waals surface area contributed by atoms with E-state index in [-0.39, 0.29) is 5.82 Å². The van der Waals surface area contributed by atoms with Crippen molar-refractivity contribution in [1.82, 2.24) is 0 Å². The molecule has 2 aromatic carbocycles. The van der Waals surface area contributed by atoms with Gasteiger partial charge in [-0.05, 0) is 41.5 Å². The molecule has 2 rings (SSSR count). The molecule has 0 saturated heterocycles. The van der Waals surface area contributed by atoms with E-state index in [2.05, 4.69) is 0 Å². The van der Waals surface area contributed by atoms with Gasteiger partial charge < -0.3 is 4.74 Å². The summed E-state index contributed by atoms with van der Waals surface area (Å²) in [5.41, 5.74) is 1.85. The van der Waals surface area contributed by atoms with E-state index in [9.17, 15) is 9.18 Å². The molecule has 17 heavy (non-hydrogen) atoms. The van der Waals surface area contributed by atoms with E-state index >= 15 is 0 Å². The third-order valence-corrected chi connectivity index (χ3v) is 2.52. The van der Waals surface area contributed by atoms with Gasteiger partial charge in [-0.25, -0.2) is 4.39 Å². The zero-order valence-corrected chi connectivity index (χ0v) is 9.31. The predicted molar refractivity (Wildman–Crippen MR) is 63.8 cm³/mol. The van der Waals surface area contributed by atoms with Crippen LogP contribution < -0.4 is 4.74 Å². The first kappa shape index (κ1) is 11.3. The first-order valence-corrected chi connectivity index (χ1v) is 5.14. The van der Waals surface area contributed by atoms with Gasteiger partial charge in [-0.3, -0.25) is 4.79 Å². The average Bonchev–Trinajstić information content (AvgIpc) is 2.38. The highest BCUT2D eigenvalue weighted by molar-refractivity contribution is 5.88. The van der Waals surface area contributed by atoms with Gasteiger partial charge in [0.25, 0.3) is 0 Å². The van der Waals surface area contributed by atoms with Gasteiger partial charge in [0.1, 0.15) is 11.6 Å². The number of benzene rings is 2. The maximum Gasteiger partial charge on any atom is 0.150 e. The van der Waals surface area contributed by atoms with Crippen LogP contribution in [-0.2, 0) is 0 Å². The SMILES string of the molecule is COc1ccc(-c2cccc(F)c2)c(C=O)c1. The van der Waals surface area contributed by atoms with Gasteiger partial charge in [0.15, 0.2) is 6.29 Å². The van der Waals surface area contributed by atoms with E-state index in [4.69, 9.17) is 4.74 Å². The van der Waals surface area contributed by atoms with E-state index in [1.54, 1.807) is 30.3 Å². The van der Waals surface area contributed by atoms with Crippen LogP contribution in [0.15, 0.2) is 42.5 Å². The Morgan fingerprint density at radius 3 is 2.65 bits per heavy atom. The van der Waals surface area contributed by atoms with Crippen LogP contribution in [-0.4, -0.2) is 13.4 Å². The molecule has 0 atom stereocenters. The molecule has 0 radical (unpaired) electrons. The Kier molecular flexibility index (Phi) is 3.19. The van der Waals surface area contributed by atoms with Gasteiger partial charge in [0.2, 0.25) is 0 Å². The number of ether oxygens (including phenoxy) is 1. The first-order chi connectivity index (χ1) is 8.24. The second kappa shape index (κ2) is 4.78. The molecular weight excluding hydrogens is 219 g/mol. The molecule has 0 fully saturated rings. The molecular formula is C14H11FO2. The zero-order chi connectivity index (χ0) is 12.3. The fourth-order valence-electron chi connectivity index (χ4n) is 1.68. The summed E-state index contributed by atoms with van der Waals surface area (Å²) in [6.07, 6.45) is 0.739. The topological polar surface area (TPSA) is 26.3 Å². The van der Waals surface area contributed by atoms with Gasteiger partial charge in [0, 0.05) is 5.56 Å². The second-order valence-corrected chi connectivity index (χ2v) is 3.58. The smallest absolute Gasteiger partial charge is 0.150 e. The Morgan fingerprint density at radius 2 is 2.00 bits per heavy atom. The van der Waals surface area contributed by atoms with E-state index in [1.807, 2.05) is 0 Å². The van der Waals surface area contributed by atoms with Crippen LogP contribution in [0.5, 0.6) is 5.75 Å². The number of aldehydes is 1. The fraction of sp³-hybridized carbons (Fsp3) is 0.0714. The van der Waals surface area contributed by atoms with Gasteiger partial charge >= 0.3 is 0 Å².